The predicted octanol–water partition coefficient (Wildman–Crippen LogP) is 5.66. The van der Waals surface area contributed by atoms with Crippen LogP contribution < -0.4 is 4.74 Å². The van der Waals surface area contributed by atoms with Gasteiger partial charge < -0.3 is 9.84 Å². The Labute approximate surface area is 217 Å². The van der Waals surface area contributed by atoms with E-state index in [0.29, 0.717) is 33.5 Å². The fraction of sp³-hybridized carbons (Fsp3) is 0.200. The highest BCUT2D eigenvalue weighted by Gasteiger charge is 2.33. The number of thioether (sulfide) groups is 1. The Morgan fingerprint density at radius 2 is 2.03 bits per heavy atom. The van der Waals surface area contributed by atoms with Crippen molar-refractivity contribution in [2.24, 2.45) is 0 Å². The molecule has 1 fully saturated rings. The number of unbranched alkanes of at least 4 members (excludes halogenated alkanes) is 1. The molecule has 1 aliphatic rings. The van der Waals surface area contributed by atoms with Crippen molar-refractivity contribution in [3.05, 3.63) is 70.2 Å². The van der Waals surface area contributed by atoms with E-state index in [1.54, 1.807) is 16.8 Å². The summed E-state index contributed by atoms with van der Waals surface area (Å²) in [5.41, 5.74) is 2.87. The van der Waals surface area contributed by atoms with Gasteiger partial charge in [0, 0.05) is 17.3 Å². The van der Waals surface area contributed by atoms with Crippen molar-refractivity contribution >= 4 is 57.9 Å². The summed E-state index contributed by atoms with van der Waals surface area (Å²) >= 11 is 12.8. The number of ether oxygens (including phenoxy) is 1. The average molecular weight is 528 g/mol. The van der Waals surface area contributed by atoms with Gasteiger partial charge in [-0.15, -0.1) is 0 Å². The van der Waals surface area contributed by atoms with Crippen molar-refractivity contribution in [2.45, 2.75) is 19.8 Å². The molecule has 1 aromatic heterocycles. The first-order valence-electron chi connectivity index (χ1n) is 10.9. The zero-order valence-corrected chi connectivity index (χ0v) is 21.2. The van der Waals surface area contributed by atoms with E-state index in [-0.39, 0.29) is 4.32 Å². The SMILES string of the molecule is CCCCOc1ccc(-c2nn(-c3ccccc3)cc2/C=C2\SC(=S)N(CC(=O)O)C2=O)cc1Cl. The highest BCUT2D eigenvalue weighted by Crippen LogP contribution is 2.36. The molecule has 1 N–H and O–H groups in total. The third-order valence-electron chi connectivity index (χ3n) is 5.18. The molecule has 1 aliphatic heterocycles. The average Bonchev–Trinajstić information content (AvgIpc) is 3.37. The maximum Gasteiger partial charge on any atom is 0.323 e. The molecule has 0 spiro atoms. The normalized spacial score (nSPS) is 14.7. The summed E-state index contributed by atoms with van der Waals surface area (Å²) in [7, 11) is 0. The largest absolute Gasteiger partial charge is 0.492 e. The number of aliphatic carboxylic acids is 1. The number of carbonyl (C=O) groups is 2. The van der Waals surface area contributed by atoms with E-state index in [2.05, 4.69) is 6.92 Å². The molecule has 35 heavy (non-hydrogen) atoms. The molecule has 1 amide bonds. The lowest BCUT2D eigenvalue weighted by Gasteiger charge is -2.10. The fourth-order valence-corrected chi connectivity index (χ4v) is 4.92. The second kappa shape index (κ2) is 11.1. The number of rotatable bonds is 9. The molecule has 10 heteroatoms. The number of thiocarbonyl (C=S) groups is 1. The van der Waals surface area contributed by atoms with Gasteiger partial charge in [-0.2, -0.15) is 5.10 Å². The first-order chi connectivity index (χ1) is 16.9. The smallest absolute Gasteiger partial charge is 0.323 e. The third kappa shape index (κ3) is 5.75. The molecule has 0 unspecified atom stereocenters. The number of nitrogens with zero attached hydrogens (tertiary/aromatic N) is 3. The first-order valence-corrected chi connectivity index (χ1v) is 12.5. The Morgan fingerprint density at radius 3 is 2.71 bits per heavy atom. The minimum atomic E-state index is -1.13. The van der Waals surface area contributed by atoms with Crippen LogP contribution >= 0.6 is 35.6 Å². The monoisotopic (exact) mass is 527 g/mol. The van der Waals surface area contributed by atoms with Crippen LogP contribution in [0, 0.1) is 0 Å². The molecule has 2 heterocycles. The molecule has 0 bridgehead atoms. The number of amides is 1. The molecule has 7 nitrogen and oxygen atoms in total. The molecular formula is C25H22ClN3O4S2. The quantitative estimate of drug-likeness (QED) is 0.218. The fourth-order valence-electron chi connectivity index (χ4n) is 3.43. The highest BCUT2D eigenvalue weighted by atomic mass is 35.5. The topological polar surface area (TPSA) is 84.7 Å². The van der Waals surface area contributed by atoms with Gasteiger partial charge in [0.25, 0.3) is 5.91 Å². The van der Waals surface area contributed by atoms with Gasteiger partial charge in [0.2, 0.25) is 0 Å². The summed E-state index contributed by atoms with van der Waals surface area (Å²) < 4.78 is 7.69. The van der Waals surface area contributed by atoms with E-state index >= 15 is 0 Å². The van der Waals surface area contributed by atoms with E-state index < -0.39 is 18.4 Å². The first kappa shape index (κ1) is 25.0. The lowest BCUT2D eigenvalue weighted by atomic mass is 10.1. The van der Waals surface area contributed by atoms with Crippen molar-refractivity contribution in [1.82, 2.24) is 14.7 Å². The summed E-state index contributed by atoms with van der Waals surface area (Å²) in [6.07, 6.45) is 5.45. The number of aromatic nitrogens is 2. The standard InChI is InChI=1S/C25H22ClN3O4S2/c1-2-3-11-33-20-10-9-16(12-19(20)26)23-17(14-29(27-23)18-7-5-4-6-8-18)13-21-24(32)28(15-22(30)31)25(34)35-21/h4-10,12-14H,2-3,11,15H2,1H3,(H,30,31)/b21-13-. The van der Waals surface area contributed by atoms with Crippen molar-refractivity contribution in [3.8, 4) is 22.7 Å². The Morgan fingerprint density at radius 1 is 1.26 bits per heavy atom. The van der Waals surface area contributed by atoms with Gasteiger partial charge in [0.15, 0.2) is 0 Å². The number of carboxylic acid groups (broad SMARTS) is 1. The maximum absolute atomic E-state index is 12.8. The summed E-state index contributed by atoms with van der Waals surface area (Å²) in [4.78, 5) is 25.4. The van der Waals surface area contributed by atoms with Crippen LogP contribution in [-0.2, 0) is 9.59 Å². The van der Waals surface area contributed by atoms with Crippen molar-refractivity contribution in [3.63, 3.8) is 0 Å². The molecule has 2 aromatic carbocycles. The minimum absolute atomic E-state index is 0.206. The Bertz CT molecular complexity index is 1310. The molecule has 0 atom stereocenters. The number of carbonyl (C=O) groups excluding carboxylic acids is 1. The number of hydrogen-bond donors (Lipinski definition) is 1. The van der Waals surface area contributed by atoms with Gasteiger partial charge >= 0.3 is 5.97 Å². The Balaban J connectivity index is 1.74. The van der Waals surface area contributed by atoms with Crippen LogP contribution in [0.1, 0.15) is 25.3 Å². The molecule has 3 aromatic rings. The van der Waals surface area contributed by atoms with Gasteiger partial charge in [0.05, 0.1) is 22.2 Å². The molecule has 1 saturated heterocycles. The van der Waals surface area contributed by atoms with Crippen LogP contribution in [0.25, 0.3) is 23.0 Å². The van der Waals surface area contributed by atoms with Gasteiger partial charge in [-0.25, -0.2) is 4.68 Å². The van der Waals surface area contributed by atoms with Gasteiger partial charge in [-0.3, -0.25) is 14.5 Å². The zero-order valence-electron chi connectivity index (χ0n) is 18.8. The number of carboxylic acids is 1. The van der Waals surface area contributed by atoms with Crippen molar-refractivity contribution in [2.75, 3.05) is 13.2 Å². The second-order valence-electron chi connectivity index (χ2n) is 7.72. The number of benzene rings is 2. The third-order valence-corrected chi connectivity index (χ3v) is 6.85. The van der Waals surface area contributed by atoms with E-state index in [1.807, 2.05) is 48.7 Å². The van der Waals surface area contributed by atoms with Crippen molar-refractivity contribution in [1.29, 1.82) is 0 Å². The summed E-state index contributed by atoms with van der Waals surface area (Å²) in [5.74, 6) is -0.975. The Kier molecular flexibility index (Phi) is 7.90. The van der Waals surface area contributed by atoms with E-state index in [9.17, 15) is 9.59 Å². The summed E-state index contributed by atoms with van der Waals surface area (Å²) in [6.45, 7) is 2.20. The number of hydrogen-bond acceptors (Lipinski definition) is 6. The predicted molar refractivity (Wildman–Crippen MR) is 142 cm³/mol. The lowest BCUT2D eigenvalue weighted by molar-refractivity contribution is -0.140. The van der Waals surface area contributed by atoms with Gasteiger partial charge in [0.1, 0.15) is 22.3 Å². The number of halogens is 1. The lowest BCUT2D eigenvalue weighted by Crippen LogP contribution is -2.33. The molecule has 4 rings (SSSR count). The second-order valence-corrected chi connectivity index (χ2v) is 9.80. The van der Waals surface area contributed by atoms with Crippen LogP contribution in [0.3, 0.4) is 0 Å². The van der Waals surface area contributed by atoms with Crippen LogP contribution in [0.15, 0.2) is 59.6 Å². The van der Waals surface area contributed by atoms with E-state index in [0.717, 1.165) is 40.8 Å². The van der Waals surface area contributed by atoms with Crippen LogP contribution in [0.5, 0.6) is 5.75 Å². The molecule has 0 saturated carbocycles. The Hall–Kier alpha value is -3.14. The highest BCUT2D eigenvalue weighted by molar-refractivity contribution is 8.26. The molecular weight excluding hydrogens is 506 g/mol. The van der Waals surface area contributed by atoms with Crippen LogP contribution in [0.4, 0.5) is 0 Å². The summed E-state index contributed by atoms with van der Waals surface area (Å²) in [6, 6.07) is 15.0. The van der Waals surface area contributed by atoms with Crippen LogP contribution in [0.2, 0.25) is 5.02 Å². The number of para-hydroxylation sites is 1. The maximum atomic E-state index is 12.8. The minimum Gasteiger partial charge on any atom is -0.492 e. The zero-order chi connectivity index (χ0) is 24.9. The van der Waals surface area contributed by atoms with Crippen LogP contribution in [-0.4, -0.2) is 49.1 Å². The van der Waals surface area contributed by atoms with E-state index in [1.165, 1.54) is 0 Å². The molecule has 0 aliphatic carbocycles. The summed E-state index contributed by atoms with van der Waals surface area (Å²) in [5, 5.41) is 14.3. The van der Waals surface area contributed by atoms with Gasteiger partial charge in [-0.1, -0.05) is 67.1 Å². The van der Waals surface area contributed by atoms with E-state index in [4.69, 9.17) is 38.8 Å². The van der Waals surface area contributed by atoms with Gasteiger partial charge in [-0.05, 0) is 42.8 Å². The molecule has 180 valence electrons. The van der Waals surface area contributed by atoms with Crippen molar-refractivity contribution < 1.29 is 19.4 Å². The molecule has 0 radical (unpaired) electrons.